The van der Waals surface area contributed by atoms with Gasteiger partial charge in [0.2, 0.25) is 0 Å². The molecule has 0 N–H and O–H groups in total. The molecule has 2 atom stereocenters. The minimum Gasteiger partial charge on any atom is -0.756 e. The zero-order chi connectivity index (χ0) is 48.5. The number of nitrogens with zero attached hydrogens (tertiary/aromatic N) is 1. The van der Waals surface area contributed by atoms with Crippen molar-refractivity contribution in [3.8, 4) is 0 Å². The minimum absolute atomic E-state index is 0.0375. The number of hydrogen-bond acceptors (Lipinski definition) is 8. The van der Waals surface area contributed by atoms with Crippen molar-refractivity contribution in [2.24, 2.45) is 0 Å². The highest BCUT2D eigenvalue weighted by molar-refractivity contribution is 7.45. The molecule has 0 aliphatic heterocycles. The molecular formula is C56H98NO8P. The van der Waals surface area contributed by atoms with E-state index in [1.807, 2.05) is 21.1 Å². The van der Waals surface area contributed by atoms with Crippen molar-refractivity contribution in [1.82, 2.24) is 0 Å². The third kappa shape index (κ3) is 50.6. The van der Waals surface area contributed by atoms with Crippen LogP contribution in [0.25, 0.3) is 0 Å². The van der Waals surface area contributed by atoms with Gasteiger partial charge >= 0.3 is 11.9 Å². The van der Waals surface area contributed by atoms with E-state index in [4.69, 9.17) is 18.5 Å². The summed E-state index contributed by atoms with van der Waals surface area (Å²) in [6.07, 6.45) is 61.8. The Bertz CT molecular complexity index is 1390. The first-order valence-electron chi connectivity index (χ1n) is 26.3. The fourth-order valence-corrected chi connectivity index (χ4v) is 7.56. The Morgan fingerprint density at radius 3 is 1.29 bits per heavy atom. The second-order valence-electron chi connectivity index (χ2n) is 18.5. The monoisotopic (exact) mass is 944 g/mol. The second-order valence-corrected chi connectivity index (χ2v) is 19.9. The summed E-state index contributed by atoms with van der Waals surface area (Å²) >= 11 is 0. The first kappa shape index (κ1) is 63.2. The summed E-state index contributed by atoms with van der Waals surface area (Å²) in [6, 6.07) is 0. The molecule has 10 heteroatoms. The lowest BCUT2D eigenvalue weighted by atomic mass is 10.1. The van der Waals surface area contributed by atoms with Crippen LogP contribution in [0.4, 0.5) is 0 Å². The number of rotatable bonds is 47. The zero-order valence-electron chi connectivity index (χ0n) is 42.9. The summed E-state index contributed by atoms with van der Waals surface area (Å²) in [5.74, 6) is -0.853. The smallest absolute Gasteiger partial charge is 0.306 e. The molecule has 0 aromatic heterocycles. The Hall–Kier alpha value is -2.81. The number of ether oxygens (including phenoxy) is 2. The molecule has 0 aliphatic carbocycles. The molecule has 2 unspecified atom stereocenters. The van der Waals surface area contributed by atoms with E-state index in [2.05, 4.69) is 98.9 Å². The standard InChI is InChI=1S/C56H98NO8P/c1-6-8-10-12-14-16-18-20-22-24-25-26-27-28-29-30-31-33-35-37-39-41-43-45-47-49-56(59)65-54(53-64-66(60,61)63-51-50-57(3,4)5)52-62-55(58)48-46-44-42-40-38-36-34-32-23-21-19-17-15-13-11-9-7-2/h8,10,14-17,20-23,25-26,28-29,54H,6-7,9,11-13,18-19,24,27,30-53H2,1-5H3/b10-8-,16-14-,17-15-,22-20-,23-21-,26-25-,29-28-. The van der Waals surface area contributed by atoms with Gasteiger partial charge in [-0.2, -0.15) is 0 Å². The van der Waals surface area contributed by atoms with Crippen LogP contribution >= 0.6 is 7.82 Å². The number of likely N-dealkylation sites (N-methyl/N-ethyl adjacent to an activating group) is 1. The fourth-order valence-electron chi connectivity index (χ4n) is 6.83. The summed E-state index contributed by atoms with van der Waals surface area (Å²) in [7, 11) is 1.15. The molecular weight excluding hydrogens is 846 g/mol. The molecule has 0 saturated carbocycles. The molecule has 0 aromatic rings. The number of allylic oxidation sites excluding steroid dienone is 14. The predicted molar refractivity (Wildman–Crippen MR) is 277 cm³/mol. The molecule has 0 heterocycles. The Morgan fingerprint density at radius 1 is 0.485 bits per heavy atom. The van der Waals surface area contributed by atoms with Crippen LogP contribution in [-0.2, 0) is 32.7 Å². The Morgan fingerprint density at radius 2 is 0.864 bits per heavy atom. The maximum Gasteiger partial charge on any atom is 0.306 e. The lowest BCUT2D eigenvalue weighted by Gasteiger charge is -2.28. The van der Waals surface area contributed by atoms with Gasteiger partial charge in [0.1, 0.15) is 19.8 Å². The lowest BCUT2D eigenvalue weighted by molar-refractivity contribution is -0.870. The summed E-state index contributed by atoms with van der Waals surface area (Å²) in [6.45, 7) is 4.08. The van der Waals surface area contributed by atoms with Crippen LogP contribution in [-0.4, -0.2) is 70.0 Å². The van der Waals surface area contributed by atoms with Gasteiger partial charge in [-0.05, 0) is 89.9 Å². The molecule has 66 heavy (non-hydrogen) atoms. The number of unbranched alkanes of at least 4 members (excludes halogenated alkanes) is 19. The quantitative estimate of drug-likeness (QED) is 0.0195. The third-order valence-corrected chi connectivity index (χ3v) is 11.9. The average Bonchev–Trinajstić information content (AvgIpc) is 3.27. The van der Waals surface area contributed by atoms with Crippen LogP contribution < -0.4 is 4.89 Å². The maximum atomic E-state index is 12.8. The van der Waals surface area contributed by atoms with Gasteiger partial charge in [-0.1, -0.05) is 189 Å². The minimum atomic E-state index is -4.64. The van der Waals surface area contributed by atoms with E-state index >= 15 is 0 Å². The Kier molecular flexibility index (Phi) is 45.3. The fraction of sp³-hybridized carbons (Fsp3) is 0.714. The van der Waals surface area contributed by atoms with E-state index in [9.17, 15) is 19.0 Å². The number of quaternary nitrogens is 1. The van der Waals surface area contributed by atoms with Crippen LogP contribution in [0.3, 0.4) is 0 Å². The summed E-state index contributed by atoms with van der Waals surface area (Å²) in [5.41, 5.74) is 0. The number of phosphoric ester groups is 1. The van der Waals surface area contributed by atoms with Crippen molar-refractivity contribution in [2.45, 2.75) is 213 Å². The number of esters is 2. The first-order valence-corrected chi connectivity index (χ1v) is 27.8. The summed E-state index contributed by atoms with van der Waals surface area (Å²) in [5, 5.41) is 0. The van der Waals surface area contributed by atoms with E-state index in [1.165, 1.54) is 77.0 Å². The molecule has 9 nitrogen and oxygen atoms in total. The molecule has 0 rings (SSSR count). The van der Waals surface area contributed by atoms with Gasteiger partial charge in [0, 0.05) is 12.8 Å². The highest BCUT2D eigenvalue weighted by Crippen LogP contribution is 2.38. The Labute approximate surface area is 405 Å². The second kappa shape index (κ2) is 47.3. The molecule has 380 valence electrons. The van der Waals surface area contributed by atoms with Gasteiger partial charge in [-0.3, -0.25) is 14.2 Å². The summed E-state index contributed by atoms with van der Waals surface area (Å²) in [4.78, 5) is 37.8. The van der Waals surface area contributed by atoms with Crippen molar-refractivity contribution >= 4 is 19.8 Å². The van der Waals surface area contributed by atoms with Gasteiger partial charge in [0.25, 0.3) is 7.82 Å². The topological polar surface area (TPSA) is 111 Å². The highest BCUT2D eigenvalue weighted by Gasteiger charge is 2.21. The number of carbonyl (C=O) groups excluding carboxylic acids is 2. The SMILES string of the molecule is CC/C=C\C/C=C\C/C=C\C/C=C\C/C=C\CCCCCCCCCCCC(=O)OC(COC(=O)CCCCCCCCC/C=C\C/C=C\CCCCC)COP(=O)([O-])OCC[N+](C)(C)C. The number of carbonyl (C=O) groups is 2. The van der Waals surface area contributed by atoms with E-state index < -0.39 is 32.5 Å². The van der Waals surface area contributed by atoms with Gasteiger partial charge in [-0.15, -0.1) is 0 Å². The molecule has 0 saturated heterocycles. The van der Waals surface area contributed by atoms with Crippen LogP contribution in [0, 0.1) is 0 Å². The van der Waals surface area contributed by atoms with E-state index in [-0.39, 0.29) is 26.1 Å². The van der Waals surface area contributed by atoms with Gasteiger partial charge in [0.05, 0.1) is 27.7 Å². The molecule has 0 aliphatic rings. The van der Waals surface area contributed by atoms with Crippen molar-refractivity contribution < 1.29 is 42.1 Å². The highest BCUT2D eigenvalue weighted by atomic mass is 31.2. The lowest BCUT2D eigenvalue weighted by Crippen LogP contribution is -2.37. The summed E-state index contributed by atoms with van der Waals surface area (Å²) < 4.78 is 34.1. The molecule has 0 spiro atoms. The zero-order valence-corrected chi connectivity index (χ0v) is 43.8. The van der Waals surface area contributed by atoms with Crippen LogP contribution in [0.15, 0.2) is 85.1 Å². The maximum absolute atomic E-state index is 12.8. The Balaban J connectivity index is 4.26. The molecule has 0 radical (unpaired) electrons. The normalized spacial score (nSPS) is 14.1. The molecule has 0 aromatic carbocycles. The molecule has 0 bridgehead atoms. The number of hydrogen-bond donors (Lipinski definition) is 0. The van der Waals surface area contributed by atoms with E-state index in [0.717, 1.165) is 96.3 Å². The van der Waals surface area contributed by atoms with Gasteiger partial charge < -0.3 is 27.9 Å². The first-order chi connectivity index (χ1) is 32.0. The predicted octanol–water partition coefficient (Wildman–Crippen LogP) is 15.3. The van der Waals surface area contributed by atoms with Gasteiger partial charge in [0.15, 0.2) is 6.10 Å². The van der Waals surface area contributed by atoms with Crippen molar-refractivity contribution in [3.05, 3.63) is 85.1 Å². The van der Waals surface area contributed by atoms with Crippen LogP contribution in [0.5, 0.6) is 0 Å². The third-order valence-electron chi connectivity index (χ3n) is 10.9. The van der Waals surface area contributed by atoms with Crippen molar-refractivity contribution in [1.29, 1.82) is 0 Å². The van der Waals surface area contributed by atoms with Crippen LogP contribution in [0.1, 0.15) is 206 Å². The van der Waals surface area contributed by atoms with E-state index in [1.54, 1.807) is 0 Å². The van der Waals surface area contributed by atoms with Crippen molar-refractivity contribution in [2.75, 3.05) is 47.5 Å². The van der Waals surface area contributed by atoms with Crippen LogP contribution in [0.2, 0.25) is 0 Å². The molecule has 0 fully saturated rings. The number of phosphoric acid groups is 1. The largest absolute Gasteiger partial charge is 0.756 e. The van der Waals surface area contributed by atoms with Crippen molar-refractivity contribution in [3.63, 3.8) is 0 Å². The van der Waals surface area contributed by atoms with E-state index in [0.29, 0.717) is 17.4 Å². The molecule has 0 amide bonds. The van der Waals surface area contributed by atoms with Gasteiger partial charge in [-0.25, -0.2) is 0 Å². The average molecular weight is 944 g/mol.